The van der Waals surface area contributed by atoms with Crippen LogP contribution in [0.2, 0.25) is 5.02 Å². The van der Waals surface area contributed by atoms with E-state index in [0.717, 1.165) is 11.1 Å². The van der Waals surface area contributed by atoms with Gasteiger partial charge in [-0.1, -0.05) is 29.8 Å². The second-order valence-corrected chi connectivity index (χ2v) is 5.24. The summed E-state index contributed by atoms with van der Waals surface area (Å²) < 4.78 is 26.3. The van der Waals surface area contributed by atoms with Crippen LogP contribution in [0.5, 0.6) is 0 Å². The number of benzene rings is 2. The quantitative estimate of drug-likeness (QED) is 0.834. The fraction of sp³-hybridized carbons (Fsp3) is 0.250. The zero-order valence-corrected chi connectivity index (χ0v) is 12.1. The Morgan fingerprint density at radius 2 is 1.45 bits per heavy atom. The molecule has 0 radical (unpaired) electrons. The predicted molar refractivity (Wildman–Crippen MR) is 77.8 cm³/mol. The molecule has 0 heterocycles. The van der Waals surface area contributed by atoms with Gasteiger partial charge >= 0.3 is 0 Å². The summed E-state index contributed by atoms with van der Waals surface area (Å²) in [7, 11) is 0. The molecule has 0 amide bonds. The van der Waals surface area contributed by atoms with Crippen LogP contribution < -0.4 is 5.32 Å². The van der Waals surface area contributed by atoms with Gasteiger partial charge < -0.3 is 5.32 Å². The third-order valence-electron chi connectivity index (χ3n) is 3.31. The van der Waals surface area contributed by atoms with E-state index >= 15 is 0 Å². The Hall–Kier alpha value is -1.45. The van der Waals surface area contributed by atoms with Crippen molar-refractivity contribution in [3.63, 3.8) is 0 Å². The molecule has 1 unspecified atom stereocenters. The van der Waals surface area contributed by atoms with Crippen molar-refractivity contribution in [1.82, 2.24) is 5.32 Å². The summed E-state index contributed by atoms with van der Waals surface area (Å²) in [5.74, 6) is -0.680. The molecule has 2 aromatic carbocycles. The number of rotatable bonds is 4. The second kappa shape index (κ2) is 6.33. The van der Waals surface area contributed by atoms with Crippen LogP contribution in [-0.2, 0) is 0 Å². The van der Waals surface area contributed by atoms with Crippen molar-refractivity contribution in [2.24, 2.45) is 0 Å². The molecular weight excluding hydrogens is 280 g/mol. The molecule has 2 aromatic rings. The number of hydrogen-bond donors (Lipinski definition) is 1. The Bertz CT molecular complexity index is 584. The fourth-order valence-corrected chi connectivity index (χ4v) is 2.22. The minimum Gasteiger partial charge on any atom is -0.304 e. The average Bonchev–Trinajstić information content (AvgIpc) is 2.42. The van der Waals surface area contributed by atoms with E-state index in [1.54, 1.807) is 24.3 Å². The van der Waals surface area contributed by atoms with Crippen LogP contribution in [0.4, 0.5) is 8.78 Å². The van der Waals surface area contributed by atoms with E-state index in [0.29, 0.717) is 0 Å². The molecule has 0 aliphatic rings. The van der Waals surface area contributed by atoms with Gasteiger partial charge in [-0.05, 0) is 49.2 Å². The minimum absolute atomic E-state index is 0.0318. The van der Waals surface area contributed by atoms with Gasteiger partial charge in [0, 0.05) is 12.1 Å². The summed E-state index contributed by atoms with van der Waals surface area (Å²) >= 11 is 5.67. The Kier molecular flexibility index (Phi) is 4.73. The lowest BCUT2D eigenvalue weighted by Gasteiger charge is -2.21. The molecule has 0 fully saturated rings. The normalized spacial score (nSPS) is 14.1. The van der Waals surface area contributed by atoms with Crippen molar-refractivity contribution in [2.45, 2.75) is 25.9 Å². The van der Waals surface area contributed by atoms with Gasteiger partial charge in [-0.3, -0.25) is 0 Å². The molecular formula is C16H16ClF2N. The van der Waals surface area contributed by atoms with E-state index in [9.17, 15) is 8.78 Å². The van der Waals surface area contributed by atoms with Gasteiger partial charge in [0.1, 0.15) is 11.6 Å². The first kappa shape index (κ1) is 14.9. The van der Waals surface area contributed by atoms with E-state index in [4.69, 9.17) is 11.6 Å². The molecule has 2 rings (SSSR count). The highest BCUT2D eigenvalue weighted by Gasteiger charge is 2.12. The number of hydrogen-bond acceptors (Lipinski definition) is 1. The lowest BCUT2D eigenvalue weighted by molar-refractivity contribution is 0.491. The fourth-order valence-electron chi connectivity index (χ4n) is 2.10. The minimum atomic E-state index is -0.424. The van der Waals surface area contributed by atoms with Gasteiger partial charge in [0.2, 0.25) is 0 Å². The summed E-state index contributed by atoms with van der Waals surface area (Å²) in [6, 6.07) is 11.1. The molecule has 0 saturated heterocycles. The summed E-state index contributed by atoms with van der Waals surface area (Å²) in [4.78, 5) is 0. The highest BCUT2D eigenvalue weighted by molar-refractivity contribution is 6.30. The van der Waals surface area contributed by atoms with Crippen molar-refractivity contribution in [1.29, 1.82) is 0 Å². The maximum absolute atomic E-state index is 13.4. The van der Waals surface area contributed by atoms with Crippen molar-refractivity contribution in [3.05, 3.63) is 70.2 Å². The smallest absolute Gasteiger partial charge is 0.142 e. The third kappa shape index (κ3) is 3.56. The predicted octanol–water partition coefficient (Wildman–Crippen LogP) is 5.03. The molecule has 0 aromatic heterocycles. The van der Waals surface area contributed by atoms with Gasteiger partial charge in [0.25, 0.3) is 0 Å². The van der Waals surface area contributed by atoms with Crippen LogP contribution in [0.1, 0.15) is 37.1 Å². The Labute approximate surface area is 122 Å². The SMILES string of the molecule is CC(N[C@H](C)c1ccc(F)cc1)c1ccc(Cl)c(F)c1. The van der Waals surface area contributed by atoms with Gasteiger partial charge in [0.05, 0.1) is 5.02 Å². The highest BCUT2D eigenvalue weighted by Crippen LogP contribution is 2.23. The highest BCUT2D eigenvalue weighted by atomic mass is 35.5. The molecule has 2 atom stereocenters. The van der Waals surface area contributed by atoms with Crippen LogP contribution in [-0.4, -0.2) is 0 Å². The molecule has 0 spiro atoms. The summed E-state index contributed by atoms with van der Waals surface area (Å²) in [6.45, 7) is 3.93. The maximum atomic E-state index is 13.4. The van der Waals surface area contributed by atoms with Crippen molar-refractivity contribution >= 4 is 11.6 Å². The number of halogens is 3. The lowest BCUT2D eigenvalue weighted by Crippen LogP contribution is -2.22. The maximum Gasteiger partial charge on any atom is 0.142 e. The van der Waals surface area contributed by atoms with E-state index in [1.165, 1.54) is 18.2 Å². The van der Waals surface area contributed by atoms with Gasteiger partial charge in [-0.15, -0.1) is 0 Å². The van der Waals surface area contributed by atoms with E-state index in [-0.39, 0.29) is 22.9 Å². The Morgan fingerprint density at radius 1 is 0.900 bits per heavy atom. The first-order valence-electron chi connectivity index (χ1n) is 6.44. The largest absolute Gasteiger partial charge is 0.304 e. The zero-order valence-electron chi connectivity index (χ0n) is 11.3. The molecule has 0 aliphatic carbocycles. The van der Waals surface area contributed by atoms with Crippen LogP contribution >= 0.6 is 11.6 Å². The topological polar surface area (TPSA) is 12.0 Å². The average molecular weight is 296 g/mol. The van der Waals surface area contributed by atoms with Crippen molar-refractivity contribution in [2.75, 3.05) is 0 Å². The summed E-state index contributed by atoms with van der Waals surface area (Å²) in [5.41, 5.74) is 1.80. The molecule has 1 nitrogen and oxygen atoms in total. The van der Waals surface area contributed by atoms with Crippen molar-refractivity contribution < 1.29 is 8.78 Å². The molecule has 0 bridgehead atoms. The first-order chi connectivity index (χ1) is 9.47. The molecule has 20 heavy (non-hydrogen) atoms. The summed E-state index contributed by atoms with van der Waals surface area (Å²) in [6.07, 6.45) is 0. The van der Waals surface area contributed by atoms with Crippen LogP contribution in [0.15, 0.2) is 42.5 Å². The number of nitrogens with one attached hydrogen (secondary N) is 1. The van der Waals surface area contributed by atoms with Crippen LogP contribution in [0, 0.1) is 11.6 Å². The Balaban J connectivity index is 2.08. The summed E-state index contributed by atoms with van der Waals surface area (Å²) in [5, 5.41) is 3.46. The van der Waals surface area contributed by atoms with E-state index in [2.05, 4.69) is 5.32 Å². The Morgan fingerprint density at radius 3 is 2.05 bits per heavy atom. The zero-order chi connectivity index (χ0) is 14.7. The molecule has 1 N–H and O–H groups in total. The van der Waals surface area contributed by atoms with E-state index in [1.807, 2.05) is 13.8 Å². The molecule has 4 heteroatoms. The standard InChI is InChI=1S/C16H16ClF2N/c1-10(12-3-6-14(18)7-4-12)20-11(2)13-5-8-15(17)16(19)9-13/h3-11,20H,1-2H3/t10-,11?/m1/s1. The van der Waals surface area contributed by atoms with Crippen LogP contribution in [0.25, 0.3) is 0 Å². The molecule has 0 saturated carbocycles. The van der Waals surface area contributed by atoms with Gasteiger partial charge in [0.15, 0.2) is 0 Å². The van der Waals surface area contributed by atoms with Gasteiger partial charge in [-0.2, -0.15) is 0 Å². The molecule has 106 valence electrons. The first-order valence-corrected chi connectivity index (χ1v) is 6.81. The van der Waals surface area contributed by atoms with Crippen LogP contribution in [0.3, 0.4) is 0 Å². The van der Waals surface area contributed by atoms with Gasteiger partial charge in [-0.25, -0.2) is 8.78 Å². The third-order valence-corrected chi connectivity index (χ3v) is 3.62. The van der Waals surface area contributed by atoms with Crippen molar-refractivity contribution in [3.8, 4) is 0 Å². The molecule has 0 aliphatic heterocycles. The second-order valence-electron chi connectivity index (χ2n) is 4.84. The monoisotopic (exact) mass is 295 g/mol. The van der Waals surface area contributed by atoms with E-state index < -0.39 is 5.82 Å². The lowest BCUT2D eigenvalue weighted by atomic mass is 10.0.